The number of imidazole rings is 1. The van der Waals surface area contributed by atoms with Gasteiger partial charge in [0.15, 0.2) is 6.04 Å². The van der Waals surface area contributed by atoms with Crippen LogP contribution in [0.3, 0.4) is 0 Å². The quantitative estimate of drug-likeness (QED) is 0.683. The number of nitrogens with one attached hydrogen (secondary N) is 1. The molecule has 4 heteroatoms. The predicted molar refractivity (Wildman–Crippen MR) is 55.2 cm³/mol. The monoisotopic (exact) mass is 201 g/mol. The van der Waals surface area contributed by atoms with E-state index in [1.54, 1.807) is 12.5 Å². The second-order valence-corrected chi connectivity index (χ2v) is 3.80. The first-order chi connectivity index (χ1) is 7.45. The molecule has 0 aliphatic carbocycles. The van der Waals surface area contributed by atoms with Gasteiger partial charge in [0.1, 0.15) is 5.69 Å². The fraction of sp³-hybridized carbons (Fsp3) is 0.273. The van der Waals surface area contributed by atoms with E-state index in [1.807, 2.05) is 12.3 Å². The third-order valence-corrected chi connectivity index (χ3v) is 2.89. The van der Waals surface area contributed by atoms with E-state index in [9.17, 15) is 0 Å². The summed E-state index contributed by atoms with van der Waals surface area (Å²) in [6, 6.07) is 4.40. The lowest BCUT2D eigenvalue weighted by atomic mass is 10.00. The van der Waals surface area contributed by atoms with Gasteiger partial charge in [0.2, 0.25) is 0 Å². The van der Waals surface area contributed by atoms with Crippen LogP contribution in [-0.4, -0.2) is 21.5 Å². The Bertz CT molecular complexity index is 449. The minimum atomic E-state index is 0.314. The molecule has 3 heterocycles. The van der Waals surface area contributed by atoms with Crippen LogP contribution in [0, 0.1) is 0 Å². The number of hydrogen-bond acceptors (Lipinski definition) is 2. The van der Waals surface area contributed by atoms with Crippen molar-refractivity contribution in [1.82, 2.24) is 15.0 Å². The van der Waals surface area contributed by atoms with Crippen LogP contribution in [0.5, 0.6) is 0 Å². The highest BCUT2D eigenvalue weighted by Gasteiger charge is 2.27. The van der Waals surface area contributed by atoms with Crippen LogP contribution in [-0.2, 0) is 6.42 Å². The van der Waals surface area contributed by atoms with Crippen molar-refractivity contribution in [2.45, 2.75) is 12.5 Å². The summed E-state index contributed by atoms with van der Waals surface area (Å²) in [6.07, 6.45) is 6.59. The molecule has 0 radical (unpaired) electrons. The fourth-order valence-corrected chi connectivity index (χ4v) is 2.16. The van der Waals surface area contributed by atoms with E-state index < -0.39 is 0 Å². The third kappa shape index (κ3) is 1.43. The number of nitrogens with zero attached hydrogens (tertiary/aromatic N) is 2. The summed E-state index contributed by atoms with van der Waals surface area (Å²) in [6.45, 7) is 1.11. The molecule has 0 bridgehead atoms. The van der Waals surface area contributed by atoms with Crippen molar-refractivity contribution in [3.8, 4) is 0 Å². The molecule has 0 saturated heterocycles. The molecule has 15 heavy (non-hydrogen) atoms. The number of hydrogen-bond donors (Lipinski definition) is 2. The average molecular weight is 201 g/mol. The van der Waals surface area contributed by atoms with Gasteiger partial charge >= 0.3 is 0 Å². The normalized spacial score (nSPS) is 19.9. The van der Waals surface area contributed by atoms with E-state index in [4.69, 9.17) is 0 Å². The summed E-state index contributed by atoms with van der Waals surface area (Å²) in [5, 5.41) is 2.32. The van der Waals surface area contributed by atoms with Crippen LogP contribution in [0.25, 0.3) is 0 Å². The van der Waals surface area contributed by atoms with Gasteiger partial charge in [-0.3, -0.25) is 4.98 Å². The molecule has 0 amide bonds. The summed E-state index contributed by atoms with van der Waals surface area (Å²) in [7, 11) is 0. The van der Waals surface area contributed by atoms with Crippen molar-refractivity contribution in [1.29, 1.82) is 0 Å². The molecule has 1 aliphatic heterocycles. The van der Waals surface area contributed by atoms with Crippen molar-refractivity contribution in [3.63, 3.8) is 0 Å². The van der Waals surface area contributed by atoms with E-state index in [2.05, 4.69) is 26.3 Å². The molecular weight excluding hydrogens is 188 g/mol. The Morgan fingerprint density at radius 3 is 3.33 bits per heavy atom. The van der Waals surface area contributed by atoms with Crippen LogP contribution in [0.15, 0.2) is 30.9 Å². The number of H-pyrrole nitrogens is 1. The molecule has 1 aliphatic rings. The molecule has 2 aromatic heterocycles. The fourth-order valence-electron chi connectivity index (χ4n) is 2.16. The molecule has 1 atom stereocenters. The SMILES string of the molecule is c1cncc([C@@H]2[NH2+]CCc3[nH]cnc32)c1. The van der Waals surface area contributed by atoms with Crippen LogP contribution < -0.4 is 5.32 Å². The van der Waals surface area contributed by atoms with E-state index in [0.29, 0.717) is 6.04 Å². The Labute approximate surface area is 87.8 Å². The molecule has 0 fully saturated rings. The zero-order chi connectivity index (χ0) is 10.1. The van der Waals surface area contributed by atoms with Gasteiger partial charge in [-0.25, -0.2) is 4.98 Å². The molecule has 76 valence electrons. The highest BCUT2D eigenvalue weighted by molar-refractivity contribution is 5.26. The first kappa shape index (κ1) is 8.61. The average Bonchev–Trinajstić information content (AvgIpc) is 2.78. The lowest BCUT2D eigenvalue weighted by Crippen LogP contribution is -2.87. The van der Waals surface area contributed by atoms with Crippen LogP contribution in [0.4, 0.5) is 0 Å². The highest BCUT2D eigenvalue weighted by atomic mass is 15.0. The maximum atomic E-state index is 4.40. The number of quaternary nitrogens is 1. The second-order valence-electron chi connectivity index (χ2n) is 3.80. The van der Waals surface area contributed by atoms with Gasteiger partial charge < -0.3 is 10.3 Å². The zero-order valence-electron chi connectivity index (χ0n) is 8.35. The smallest absolute Gasteiger partial charge is 0.158 e. The molecule has 0 saturated carbocycles. The molecular formula is C11H13N4+. The summed E-state index contributed by atoms with van der Waals surface area (Å²) < 4.78 is 0. The van der Waals surface area contributed by atoms with Crippen molar-refractivity contribution >= 4 is 0 Å². The Kier molecular flexibility index (Phi) is 1.99. The summed E-state index contributed by atoms with van der Waals surface area (Å²) in [5.41, 5.74) is 3.66. The number of pyridine rings is 1. The van der Waals surface area contributed by atoms with Gasteiger partial charge in [-0.1, -0.05) is 0 Å². The Morgan fingerprint density at radius 2 is 2.47 bits per heavy atom. The number of aromatic amines is 1. The molecule has 0 aromatic carbocycles. The zero-order valence-corrected chi connectivity index (χ0v) is 8.35. The van der Waals surface area contributed by atoms with E-state index in [0.717, 1.165) is 18.7 Å². The minimum absolute atomic E-state index is 0.314. The number of rotatable bonds is 1. The number of aromatic nitrogens is 3. The largest absolute Gasteiger partial charge is 0.348 e. The molecule has 0 unspecified atom stereocenters. The van der Waals surface area contributed by atoms with Gasteiger partial charge in [0, 0.05) is 30.1 Å². The van der Waals surface area contributed by atoms with Crippen molar-refractivity contribution in [2.24, 2.45) is 0 Å². The first-order valence-electron chi connectivity index (χ1n) is 5.20. The Hall–Kier alpha value is -1.68. The topological polar surface area (TPSA) is 58.2 Å². The second kappa shape index (κ2) is 3.47. The van der Waals surface area contributed by atoms with Crippen molar-refractivity contribution in [3.05, 3.63) is 47.8 Å². The number of nitrogens with two attached hydrogens (primary N) is 1. The lowest BCUT2D eigenvalue weighted by Gasteiger charge is -2.19. The maximum Gasteiger partial charge on any atom is 0.158 e. The highest BCUT2D eigenvalue weighted by Crippen LogP contribution is 2.20. The third-order valence-electron chi connectivity index (χ3n) is 2.89. The van der Waals surface area contributed by atoms with Crippen LogP contribution in [0.1, 0.15) is 23.0 Å². The molecule has 3 rings (SSSR count). The van der Waals surface area contributed by atoms with Gasteiger partial charge in [-0.15, -0.1) is 0 Å². The van der Waals surface area contributed by atoms with Gasteiger partial charge in [0.05, 0.1) is 12.9 Å². The van der Waals surface area contributed by atoms with Crippen molar-refractivity contribution in [2.75, 3.05) is 6.54 Å². The number of fused-ring (bicyclic) bond motifs is 1. The Morgan fingerprint density at radius 1 is 1.47 bits per heavy atom. The predicted octanol–water partition coefficient (Wildman–Crippen LogP) is 0.0136. The summed E-state index contributed by atoms with van der Waals surface area (Å²) >= 11 is 0. The van der Waals surface area contributed by atoms with E-state index in [1.165, 1.54) is 11.3 Å². The standard InChI is InChI=1S/C11H12N4/c1-2-8(6-12-4-1)10-11-9(3-5-13-10)14-7-15-11/h1-2,4,6-7,10,13H,3,5H2,(H,14,15)/p+1/t10-/m0/s1. The molecule has 2 aromatic rings. The summed E-state index contributed by atoms with van der Waals surface area (Å²) in [4.78, 5) is 11.8. The van der Waals surface area contributed by atoms with Gasteiger partial charge in [-0.05, 0) is 12.1 Å². The van der Waals surface area contributed by atoms with E-state index in [-0.39, 0.29) is 0 Å². The minimum Gasteiger partial charge on any atom is -0.348 e. The van der Waals surface area contributed by atoms with Crippen LogP contribution >= 0.6 is 0 Å². The van der Waals surface area contributed by atoms with Crippen LogP contribution in [0.2, 0.25) is 0 Å². The summed E-state index contributed by atoms with van der Waals surface area (Å²) in [5.74, 6) is 0. The molecule has 0 spiro atoms. The Balaban J connectivity index is 2.03. The lowest BCUT2D eigenvalue weighted by molar-refractivity contribution is -0.690. The maximum absolute atomic E-state index is 4.40. The van der Waals surface area contributed by atoms with Crippen molar-refractivity contribution < 1.29 is 5.32 Å². The first-order valence-corrected chi connectivity index (χ1v) is 5.20. The van der Waals surface area contributed by atoms with Gasteiger partial charge in [-0.2, -0.15) is 0 Å². The van der Waals surface area contributed by atoms with Gasteiger partial charge in [0.25, 0.3) is 0 Å². The molecule has 3 N–H and O–H groups in total. The molecule has 4 nitrogen and oxygen atoms in total. The van der Waals surface area contributed by atoms with E-state index >= 15 is 0 Å².